The van der Waals surface area contributed by atoms with Crippen LogP contribution in [-0.2, 0) is 4.74 Å². The second kappa shape index (κ2) is 4.25. The average Bonchev–Trinajstić information content (AvgIpc) is 2.25. The van der Waals surface area contributed by atoms with E-state index in [1.54, 1.807) is 39.1 Å². The highest BCUT2D eigenvalue weighted by atomic mass is 16.6. The Bertz CT molecular complexity index is 603. The molecule has 5 nitrogen and oxygen atoms in total. The lowest BCUT2D eigenvalue weighted by Gasteiger charge is -2.19. The van der Waals surface area contributed by atoms with Crippen LogP contribution >= 0.6 is 0 Å². The van der Waals surface area contributed by atoms with Crippen LogP contribution in [0.3, 0.4) is 0 Å². The van der Waals surface area contributed by atoms with Crippen molar-refractivity contribution in [2.75, 3.05) is 5.73 Å². The zero-order valence-corrected chi connectivity index (χ0v) is 10.6. The molecule has 0 atom stereocenters. The minimum atomic E-state index is -0.562. The molecule has 0 aliphatic rings. The van der Waals surface area contributed by atoms with E-state index in [0.717, 1.165) is 5.39 Å². The van der Waals surface area contributed by atoms with Gasteiger partial charge in [0.1, 0.15) is 17.0 Å². The Kier molecular flexibility index (Phi) is 2.90. The monoisotopic (exact) mass is 245 g/mol. The van der Waals surface area contributed by atoms with E-state index in [-0.39, 0.29) is 11.4 Å². The molecule has 2 heterocycles. The maximum absolute atomic E-state index is 12.0. The molecule has 0 aliphatic carbocycles. The number of hydrogen-bond acceptors (Lipinski definition) is 5. The number of carbonyl (C=O) groups is 1. The fraction of sp³-hybridized carbons (Fsp3) is 0.308. The lowest BCUT2D eigenvalue weighted by Crippen LogP contribution is -2.24. The highest BCUT2D eigenvalue weighted by Crippen LogP contribution is 2.19. The summed E-state index contributed by atoms with van der Waals surface area (Å²) in [5.41, 5.74) is 5.98. The van der Waals surface area contributed by atoms with E-state index >= 15 is 0 Å². The molecular formula is C13H15N3O2. The van der Waals surface area contributed by atoms with Gasteiger partial charge in [0.15, 0.2) is 5.65 Å². The quantitative estimate of drug-likeness (QED) is 0.779. The normalized spacial score (nSPS) is 11.5. The first-order chi connectivity index (χ1) is 8.37. The third kappa shape index (κ3) is 2.56. The summed E-state index contributed by atoms with van der Waals surface area (Å²) < 4.78 is 5.27. The van der Waals surface area contributed by atoms with Gasteiger partial charge < -0.3 is 10.5 Å². The van der Waals surface area contributed by atoms with Crippen LogP contribution in [-0.4, -0.2) is 21.5 Å². The van der Waals surface area contributed by atoms with E-state index in [1.807, 2.05) is 6.07 Å². The number of ether oxygens (including phenoxy) is 1. The molecule has 94 valence electrons. The first kappa shape index (κ1) is 12.3. The van der Waals surface area contributed by atoms with Gasteiger partial charge in [-0.1, -0.05) is 0 Å². The smallest absolute Gasteiger partial charge is 0.342 e. The molecule has 0 aromatic carbocycles. The van der Waals surface area contributed by atoms with Crippen molar-refractivity contribution in [2.24, 2.45) is 0 Å². The van der Waals surface area contributed by atoms with E-state index in [4.69, 9.17) is 10.5 Å². The first-order valence-electron chi connectivity index (χ1n) is 5.61. The van der Waals surface area contributed by atoms with Crippen LogP contribution in [0.4, 0.5) is 5.82 Å². The zero-order valence-electron chi connectivity index (χ0n) is 10.6. The van der Waals surface area contributed by atoms with Gasteiger partial charge in [0.05, 0.1) is 0 Å². The molecule has 0 fully saturated rings. The van der Waals surface area contributed by atoms with Gasteiger partial charge in [-0.2, -0.15) is 0 Å². The van der Waals surface area contributed by atoms with Crippen molar-refractivity contribution in [3.63, 3.8) is 0 Å². The van der Waals surface area contributed by atoms with Crippen molar-refractivity contribution >= 4 is 22.8 Å². The standard InChI is InChI=1S/C13H15N3O2/c1-13(2,3)18-12(17)9-7-8-5-4-6-15-11(8)16-10(9)14/h4-7H,1-3H3,(H2,14,15,16). The molecule has 2 aromatic rings. The molecule has 2 rings (SSSR count). The highest BCUT2D eigenvalue weighted by Gasteiger charge is 2.20. The van der Waals surface area contributed by atoms with Gasteiger partial charge in [-0.3, -0.25) is 0 Å². The van der Waals surface area contributed by atoms with Crippen LogP contribution in [0.15, 0.2) is 24.4 Å². The molecule has 5 heteroatoms. The summed E-state index contributed by atoms with van der Waals surface area (Å²) in [6, 6.07) is 5.25. The van der Waals surface area contributed by atoms with Gasteiger partial charge in [-0.05, 0) is 39.0 Å². The number of aromatic nitrogens is 2. The van der Waals surface area contributed by atoms with Crippen molar-refractivity contribution in [2.45, 2.75) is 26.4 Å². The third-order valence-corrected chi connectivity index (χ3v) is 2.24. The summed E-state index contributed by atoms with van der Waals surface area (Å²) in [7, 11) is 0. The lowest BCUT2D eigenvalue weighted by molar-refractivity contribution is 0.00707. The summed E-state index contributed by atoms with van der Waals surface area (Å²) in [5, 5.41) is 0.757. The van der Waals surface area contributed by atoms with Crippen LogP contribution in [0.25, 0.3) is 11.0 Å². The van der Waals surface area contributed by atoms with Crippen molar-refractivity contribution in [3.05, 3.63) is 30.0 Å². The Labute approximate surface area is 105 Å². The Hall–Kier alpha value is -2.17. The first-order valence-corrected chi connectivity index (χ1v) is 5.61. The summed E-state index contributed by atoms with van der Waals surface area (Å²) >= 11 is 0. The van der Waals surface area contributed by atoms with Gasteiger partial charge >= 0.3 is 5.97 Å². The van der Waals surface area contributed by atoms with E-state index in [1.165, 1.54) is 0 Å². The zero-order chi connectivity index (χ0) is 13.3. The van der Waals surface area contributed by atoms with E-state index in [0.29, 0.717) is 5.65 Å². The molecule has 0 spiro atoms. The van der Waals surface area contributed by atoms with Crippen LogP contribution < -0.4 is 5.73 Å². The van der Waals surface area contributed by atoms with Crippen LogP contribution in [0.1, 0.15) is 31.1 Å². The summed E-state index contributed by atoms with van der Waals surface area (Å²) in [4.78, 5) is 20.1. The number of pyridine rings is 2. The lowest BCUT2D eigenvalue weighted by atomic mass is 10.1. The number of anilines is 1. The summed E-state index contributed by atoms with van der Waals surface area (Å²) in [6.07, 6.45) is 1.63. The number of nitrogens with zero attached hydrogens (tertiary/aromatic N) is 2. The number of rotatable bonds is 1. The van der Waals surface area contributed by atoms with Gasteiger partial charge in [0.25, 0.3) is 0 Å². The SMILES string of the molecule is CC(C)(C)OC(=O)c1cc2cccnc2nc1N. The maximum atomic E-state index is 12.0. The molecule has 0 radical (unpaired) electrons. The van der Waals surface area contributed by atoms with E-state index in [2.05, 4.69) is 9.97 Å². The minimum absolute atomic E-state index is 0.135. The number of carbonyl (C=O) groups excluding carboxylic acids is 1. The number of hydrogen-bond donors (Lipinski definition) is 1. The number of nitrogens with two attached hydrogens (primary N) is 1. The fourth-order valence-electron chi connectivity index (χ4n) is 1.52. The fourth-order valence-corrected chi connectivity index (χ4v) is 1.52. The molecule has 0 saturated carbocycles. The number of nitrogen functional groups attached to an aromatic ring is 1. The van der Waals surface area contributed by atoms with Gasteiger partial charge in [-0.15, -0.1) is 0 Å². The molecule has 0 unspecified atom stereocenters. The maximum Gasteiger partial charge on any atom is 0.342 e. The molecule has 2 aromatic heterocycles. The van der Waals surface area contributed by atoms with E-state index < -0.39 is 11.6 Å². The van der Waals surface area contributed by atoms with Crippen LogP contribution in [0.5, 0.6) is 0 Å². The second-order valence-corrected chi connectivity index (χ2v) is 4.97. The molecule has 2 N–H and O–H groups in total. The summed E-state index contributed by atoms with van der Waals surface area (Å²) in [5.74, 6) is -0.339. The number of fused-ring (bicyclic) bond motifs is 1. The molecule has 0 aliphatic heterocycles. The second-order valence-electron chi connectivity index (χ2n) is 4.97. The predicted octanol–water partition coefficient (Wildman–Crippen LogP) is 2.17. The van der Waals surface area contributed by atoms with Crippen molar-refractivity contribution in [1.82, 2.24) is 9.97 Å². The minimum Gasteiger partial charge on any atom is -0.456 e. The molecule has 0 bridgehead atoms. The molecule has 0 saturated heterocycles. The molecule has 18 heavy (non-hydrogen) atoms. The molecule has 0 amide bonds. The van der Waals surface area contributed by atoms with Crippen molar-refractivity contribution in [1.29, 1.82) is 0 Å². The summed E-state index contributed by atoms with van der Waals surface area (Å²) in [6.45, 7) is 5.41. The Balaban J connectivity index is 2.45. The van der Waals surface area contributed by atoms with Crippen LogP contribution in [0, 0.1) is 0 Å². The Morgan fingerprint density at radius 3 is 2.78 bits per heavy atom. The van der Waals surface area contributed by atoms with Crippen molar-refractivity contribution in [3.8, 4) is 0 Å². The average molecular weight is 245 g/mol. The van der Waals surface area contributed by atoms with Gasteiger partial charge in [0.2, 0.25) is 0 Å². The highest BCUT2D eigenvalue weighted by molar-refractivity contribution is 5.98. The topological polar surface area (TPSA) is 78.1 Å². The third-order valence-electron chi connectivity index (χ3n) is 2.24. The van der Waals surface area contributed by atoms with E-state index in [9.17, 15) is 4.79 Å². The molecular weight excluding hydrogens is 230 g/mol. The van der Waals surface area contributed by atoms with Gasteiger partial charge in [-0.25, -0.2) is 14.8 Å². The van der Waals surface area contributed by atoms with Gasteiger partial charge in [0, 0.05) is 11.6 Å². The van der Waals surface area contributed by atoms with Crippen LogP contribution in [0.2, 0.25) is 0 Å². The predicted molar refractivity (Wildman–Crippen MR) is 69.1 cm³/mol. The number of esters is 1. The Morgan fingerprint density at radius 2 is 2.11 bits per heavy atom. The largest absolute Gasteiger partial charge is 0.456 e. The Morgan fingerprint density at radius 1 is 1.39 bits per heavy atom. The van der Waals surface area contributed by atoms with Crippen molar-refractivity contribution < 1.29 is 9.53 Å².